The molecular weight excluding hydrogens is 369 g/mol. The molecule has 0 aromatic rings. The zero-order valence-corrected chi connectivity index (χ0v) is 16.3. The van der Waals surface area contributed by atoms with Crippen LogP contribution in [0, 0.1) is 5.41 Å². The maximum atomic E-state index is 5.51. The Kier molecular flexibility index (Phi) is 12.8. The van der Waals surface area contributed by atoms with Gasteiger partial charge in [-0.2, -0.15) is 0 Å². The fourth-order valence-electron chi connectivity index (χ4n) is 1.72. The van der Waals surface area contributed by atoms with Gasteiger partial charge in [0.2, 0.25) is 0 Å². The largest absolute Gasteiger partial charge is 0.383 e. The molecule has 0 spiro atoms. The van der Waals surface area contributed by atoms with E-state index in [9.17, 15) is 0 Å². The Balaban J connectivity index is 0. The number of hydrogen-bond donors (Lipinski definition) is 2. The van der Waals surface area contributed by atoms with Gasteiger partial charge in [-0.25, -0.2) is 0 Å². The number of methoxy groups -OCH3 is 2. The van der Waals surface area contributed by atoms with Crippen LogP contribution < -0.4 is 10.6 Å². The van der Waals surface area contributed by atoms with E-state index in [1.807, 2.05) is 0 Å². The third kappa shape index (κ3) is 9.77. The van der Waals surface area contributed by atoms with Crippen LogP contribution in [0.3, 0.4) is 0 Å². The van der Waals surface area contributed by atoms with Crippen LogP contribution in [-0.4, -0.2) is 52.0 Å². The van der Waals surface area contributed by atoms with Crippen molar-refractivity contribution in [2.45, 2.75) is 46.8 Å². The minimum atomic E-state index is 0. The van der Waals surface area contributed by atoms with E-state index in [0.717, 1.165) is 12.5 Å². The van der Waals surface area contributed by atoms with Crippen LogP contribution in [0.25, 0.3) is 0 Å². The van der Waals surface area contributed by atoms with Crippen LogP contribution in [0.4, 0.5) is 0 Å². The number of nitrogens with zero attached hydrogens (tertiary/aromatic N) is 1. The highest BCUT2D eigenvalue weighted by Crippen LogP contribution is 2.21. The predicted molar refractivity (Wildman–Crippen MR) is 96.1 cm³/mol. The first kappa shape index (κ1) is 22.2. The number of nitrogens with one attached hydrogen (secondary N) is 2. The molecule has 0 saturated carbocycles. The molecule has 0 aliphatic heterocycles. The van der Waals surface area contributed by atoms with Gasteiger partial charge in [0, 0.05) is 26.8 Å². The highest BCUT2D eigenvalue weighted by Gasteiger charge is 2.24. The highest BCUT2D eigenvalue weighted by atomic mass is 127. The van der Waals surface area contributed by atoms with E-state index in [1.54, 1.807) is 14.2 Å². The van der Waals surface area contributed by atoms with Crippen molar-refractivity contribution in [3.8, 4) is 0 Å². The summed E-state index contributed by atoms with van der Waals surface area (Å²) in [5.74, 6) is 0.804. The molecule has 0 rings (SSSR count). The number of guanidine groups is 1. The second kappa shape index (κ2) is 11.6. The van der Waals surface area contributed by atoms with E-state index < -0.39 is 0 Å². The summed E-state index contributed by atoms with van der Waals surface area (Å²) >= 11 is 0. The lowest BCUT2D eigenvalue weighted by atomic mass is 9.89. The van der Waals surface area contributed by atoms with Gasteiger partial charge >= 0.3 is 0 Å². The molecule has 2 atom stereocenters. The van der Waals surface area contributed by atoms with Crippen molar-refractivity contribution in [3.63, 3.8) is 0 Å². The summed E-state index contributed by atoms with van der Waals surface area (Å²) in [5.41, 5.74) is 0.0771. The number of rotatable bonds is 7. The molecule has 5 nitrogen and oxygen atoms in total. The maximum absolute atomic E-state index is 5.51. The van der Waals surface area contributed by atoms with Gasteiger partial charge < -0.3 is 20.1 Å². The van der Waals surface area contributed by atoms with Gasteiger partial charge in [-0.3, -0.25) is 4.99 Å². The SMILES string of the molecule is CCNC(=NCC(OC)C(C)(C)C)NC(C)COC.I. The number of hydrogen-bond acceptors (Lipinski definition) is 3. The van der Waals surface area contributed by atoms with Crippen molar-refractivity contribution >= 4 is 29.9 Å². The van der Waals surface area contributed by atoms with E-state index in [0.29, 0.717) is 13.2 Å². The van der Waals surface area contributed by atoms with Gasteiger partial charge in [-0.05, 0) is 19.3 Å². The molecule has 0 aliphatic carbocycles. The molecule has 2 N–H and O–H groups in total. The molecule has 0 bridgehead atoms. The summed E-state index contributed by atoms with van der Waals surface area (Å²) in [7, 11) is 3.43. The molecule has 2 unspecified atom stereocenters. The first-order valence-corrected chi connectivity index (χ1v) is 6.91. The standard InChI is InChI=1S/C14H31N3O2.HI/c1-8-15-13(17-11(2)10-18-6)16-9-12(19-7)14(3,4)5;/h11-12H,8-10H2,1-7H3,(H2,15,16,17);1H. The zero-order valence-electron chi connectivity index (χ0n) is 13.9. The van der Waals surface area contributed by atoms with Crippen molar-refractivity contribution in [2.75, 3.05) is 33.9 Å². The average molecular weight is 401 g/mol. The monoisotopic (exact) mass is 401 g/mol. The predicted octanol–water partition coefficient (Wildman–Crippen LogP) is 2.26. The molecule has 0 aliphatic rings. The Morgan fingerprint density at radius 3 is 2.25 bits per heavy atom. The van der Waals surface area contributed by atoms with Crippen LogP contribution in [-0.2, 0) is 9.47 Å². The van der Waals surface area contributed by atoms with Gasteiger partial charge in [0.15, 0.2) is 5.96 Å². The molecule has 0 amide bonds. The van der Waals surface area contributed by atoms with E-state index in [1.165, 1.54) is 0 Å². The lowest BCUT2D eigenvalue weighted by Crippen LogP contribution is -2.44. The van der Waals surface area contributed by atoms with Gasteiger partial charge in [-0.15, -0.1) is 24.0 Å². The number of ether oxygens (including phenoxy) is 2. The topological polar surface area (TPSA) is 54.9 Å². The Morgan fingerprint density at radius 2 is 1.85 bits per heavy atom. The summed E-state index contributed by atoms with van der Waals surface area (Å²) in [4.78, 5) is 4.59. The first-order valence-electron chi connectivity index (χ1n) is 6.91. The summed E-state index contributed by atoms with van der Waals surface area (Å²) < 4.78 is 10.6. The minimum Gasteiger partial charge on any atom is -0.383 e. The van der Waals surface area contributed by atoms with Crippen LogP contribution >= 0.6 is 24.0 Å². The van der Waals surface area contributed by atoms with Gasteiger partial charge in [0.25, 0.3) is 0 Å². The molecule has 0 radical (unpaired) electrons. The van der Waals surface area contributed by atoms with Crippen molar-refractivity contribution in [1.82, 2.24) is 10.6 Å². The normalized spacial score (nSPS) is 15.2. The molecule has 0 heterocycles. The van der Waals surface area contributed by atoms with Crippen molar-refractivity contribution in [3.05, 3.63) is 0 Å². The Bertz CT molecular complexity index is 268. The molecular formula is C14H32IN3O2. The molecule has 20 heavy (non-hydrogen) atoms. The molecule has 122 valence electrons. The fourth-order valence-corrected chi connectivity index (χ4v) is 1.72. The number of aliphatic imine (C=N–C) groups is 1. The third-order valence-corrected chi connectivity index (χ3v) is 2.81. The maximum Gasteiger partial charge on any atom is 0.191 e. The minimum absolute atomic E-state index is 0. The van der Waals surface area contributed by atoms with Crippen LogP contribution in [0.2, 0.25) is 0 Å². The lowest BCUT2D eigenvalue weighted by Gasteiger charge is -2.28. The summed E-state index contributed by atoms with van der Waals surface area (Å²) in [6.45, 7) is 12.7. The average Bonchev–Trinajstić information content (AvgIpc) is 2.28. The van der Waals surface area contributed by atoms with Crippen LogP contribution in [0.1, 0.15) is 34.6 Å². The molecule has 0 aromatic heterocycles. The van der Waals surface area contributed by atoms with Gasteiger partial charge in [0.1, 0.15) is 0 Å². The van der Waals surface area contributed by atoms with Crippen molar-refractivity contribution < 1.29 is 9.47 Å². The quantitative estimate of drug-likeness (QED) is 0.391. The van der Waals surface area contributed by atoms with Crippen LogP contribution in [0.15, 0.2) is 4.99 Å². The molecule has 0 saturated heterocycles. The smallest absolute Gasteiger partial charge is 0.191 e. The molecule has 0 fully saturated rings. The highest BCUT2D eigenvalue weighted by molar-refractivity contribution is 14.0. The molecule has 0 aromatic carbocycles. The van der Waals surface area contributed by atoms with Crippen molar-refractivity contribution in [2.24, 2.45) is 10.4 Å². The first-order chi connectivity index (χ1) is 8.85. The van der Waals surface area contributed by atoms with E-state index in [2.05, 4.69) is 50.2 Å². The zero-order chi connectivity index (χ0) is 14.9. The summed E-state index contributed by atoms with van der Waals surface area (Å²) in [6, 6.07) is 0.221. The van der Waals surface area contributed by atoms with E-state index in [-0.39, 0.29) is 41.5 Å². The Morgan fingerprint density at radius 1 is 1.25 bits per heavy atom. The molecule has 6 heteroatoms. The number of halogens is 1. The summed E-state index contributed by atoms with van der Waals surface area (Å²) in [5, 5.41) is 6.54. The van der Waals surface area contributed by atoms with Gasteiger partial charge in [-0.1, -0.05) is 20.8 Å². The fraction of sp³-hybridized carbons (Fsp3) is 0.929. The van der Waals surface area contributed by atoms with Gasteiger partial charge in [0.05, 0.1) is 19.3 Å². The second-order valence-corrected chi connectivity index (χ2v) is 5.81. The summed E-state index contributed by atoms with van der Waals surface area (Å²) in [6.07, 6.45) is 0.0979. The van der Waals surface area contributed by atoms with Crippen LogP contribution in [0.5, 0.6) is 0 Å². The van der Waals surface area contributed by atoms with Crippen molar-refractivity contribution in [1.29, 1.82) is 0 Å². The lowest BCUT2D eigenvalue weighted by molar-refractivity contribution is 0.0241. The van der Waals surface area contributed by atoms with E-state index in [4.69, 9.17) is 9.47 Å². The second-order valence-electron chi connectivity index (χ2n) is 5.81. The van der Waals surface area contributed by atoms with E-state index >= 15 is 0 Å². The Hall–Kier alpha value is -0.0800. The third-order valence-electron chi connectivity index (χ3n) is 2.81. The Labute approximate surface area is 141 Å².